The lowest BCUT2D eigenvalue weighted by molar-refractivity contribution is 0.0681. The lowest BCUT2D eigenvalue weighted by Gasteiger charge is -2.07. The Labute approximate surface area is 89.9 Å². The van der Waals surface area contributed by atoms with Crippen LogP contribution in [0.25, 0.3) is 0 Å². The van der Waals surface area contributed by atoms with Gasteiger partial charge in [-0.15, -0.1) is 0 Å². The standard InChI is InChI=1S/C8H11N3O5/c12-2-4(13)1-9-7(14)5-6(8(15)16)11-3-10-5/h3-4,12-13H,1-2H2,(H,9,14)(H,10,11)(H,15,16). The number of carboxylic acid groups (broad SMARTS) is 1. The first-order valence-corrected chi connectivity index (χ1v) is 4.40. The molecule has 0 radical (unpaired) electrons. The van der Waals surface area contributed by atoms with E-state index < -0.39 is 24.6 Å². The maximum absolute atomic E-state index is 11.4. The van der Waals surface area contributed by atoms with Crippen molar-refractivity contribution in [3.63, 3.8) is 0 Å². The van der Waals surface area contributed by atoms with E-state index in [2.05, 4.69) is 15.3 Å². The SMILES string of the molecule is O=C(NCC(O)CO)c1nc[nH]c1C(=O)O. The van der Waals surface area contributed by atoms with Gasteiger partial charge in [0.15, 0.2) is 11.4 Å². The molecule has 1 rings (SSSR count). The summed E-state index contributed by atoms with van der Waals surface area (Å²) in [5.74, 6) is -2.03. The van der Waals surface area contributed by atoms with Crippen LogP contribution < -0.4 is 5.32 Å². The third-order valence-electron chi connectivity index (χ3n) is 1.78. The molecule has 0 fully saturated rings. The Morgan fingerprint density at radius 1 is 1.56 bits per heavy atom. The number of hydrogen-bond acceptors (Lipinski definition) is 5. The van der Waals surface area contributed by atoms with Crippen molar-refractivity contribution < 1.29 is 24.9 Å². The van der Waals surface area contributed by atoms with Gasteiger partial charge in [0.2, 0.25) is 0 Å². The van der Waals surface area contributed by atoms with Crippen molar-refractivity contribution in [3.8, 4) is 0 Å². The molecule has 8 heteroatoms. The maximum atomic E-state index is 11.4. The molecule has 0 aliphatic rings. The summed E-state index contributed by atoms with van der Waals surface area (Å²) in [4.78, 5) is 27.9. The number of aliphatic hydroxyl groups is 2. The average molecular weight is 229 g/mol. The van der Waals surface area contributed by atoms with Crippen LogP contribution in [-0.4, -0.2) is 56.4 Å². The second kappa shape index (κ2) is 5.24. The molecular formula is C8H11N3O5. The van der Waals surface area contributed by atoms with Crippen molar-refractivity contribution in [1.29, 1.82) is 0 Å². The average Bonchev–Trinajstić information content (AvgIpc) is 2.74. The van der Waals surface area contributed by atoms with Crippen molar-refractivity contribution in [2.45, 2.75) is 6.10 Å². The number of aromatic nitrogens is 2. The number of hydrogen-bond donors (Lipinski definition) is 5. The lowest BCUT2D eigenvalue weighted by Crippen LogP contribution is -2.34. The van der Waals surface area contributed by atoms with E-state index in [1.165, 1.54) is 0 Å². The highest BCUT2D eigenvalue weighted by Gasteiger charge is 2.19. The Kier molecular flexibility index (Phi) is 3.97. The zero-order valence-corrected chi connectivity index (χ0v) is 8.17. The number of nitrogens with one attached hydrogen (secondary N) is 2. The molecule has 0 saturated carbocycles. The molecule has 1 heterocycles. The molecule has 1 unspecified atom stereocenters. The van der Waals surface area contributed by atoms with E-state index in [0.29, 0.717) is 0 Å². The Hall–Kier alpha value is -1.93. The molecule has 1 amide bonds. The second-order valence-electron chi connectivity index (χ2n) is 2.98. The van der Waals surface area contributed by atoms with E-state index in [0.717, 1.165) is 6.33 Å². The molecule has 0 aromatic carbocycles. The predicted octanol–water partition coefficient (Wildman–Crippen LogP) is -1.81. The summed E-state index contributed by atoms with van der Waals surface area (Å²) in [6.07, 6.45) is -0.00271. The summed E-state index contributed by atoms with van der Waals surface area (Å²) in [6, 6.07) is 0. The summed E-state index contributed by atoms with van der Waals surface area (Å²) in [6.45, 7) is -0.673. The number of aliphatic hydroxyl groups excluding tert-OH is 2. The zero-order chi connectivity index (χ0) is 12.1. The monoisotopic (exact) mass is 229 g/mol. The van der Waals surface area contributed by atoms with E-state index in [1.54, 1.807) is 0 Å². The number of H-pyrrole nitrogens is 1. The highest BCUT2D eigenvalue weighted by atomic mass is 16.4. The van der Waals surface area contributed by atoms with Crippen LogP contribution >= 0.6 is 0 Å². The number of nitrogens with zero attached hydrogens (tertiary/aromatic N) is 1. The number of carbonyl (C=O) groups excluding carboxylic acids is 1. The molecule has 0 aliphatic carbocycles. The van der Waals surface area contributed by atoms with Crippen LogP contribution in [0.4, 0.5) is 0 Å². The van der Waals surface area contributed by atoms with Crippen LogP contribution in [0.5, 0.6) is 0 Å². The number of rotatable bonds is 5. The fraction of sp³-hybridized carbons (Fsp3) is 0.375. The van der Waals surface area contributed by atoms with Gasteiger partial charge in [-0.3, -0.25) is 4.79 Å². The van der Waals surface area contributed by atoms with Crippen LogP contribution in [0.2, 0.25) is 0 Å². The van der Waals surface area contributed by atoms with Crippen LogP contribution in [0, 0.1) is 0 Å². The number of aromatic carboxylic acids is 1. The third-order valence-corrected chi connectivity index (χ3v) is 1.78. The Balaban J connectivity index is 2.66. The first-order chi connectivity index (χ1) is 7.56. The summed E-state index contributed by atoms with van der Waals surface area (Å²) >= 11 is 0. The van der Waals surface area contributed by atoms with Crippen molar-refractivity contribution in [1.82, 2.24) is 15.3 Å². The number of carboxylic acids is 1. The highest BCUT2D eigenvalue weighted by molar-refractivity contribution is 6.02. The van der Waals surface area contributed by atoms with Gasteiger partial charge < -0.3 is 25.6 Å². The molecule has 88 valence electrons. The van der Waals surface area contributed by atoms with Gasteiger partial charge in [0.25, 0.3) is 5.91 Å². The lowest BCUT2D eigenvalue weighted by atomic mass is 10.3. The molecule has 1 atom stereocenters. The minimum atomic E-state index is -1.30. The van der Waals surface area contributed by atoms with Gasteiger partial charge in [-0.2, -0.15) is 0 Å². The maximum Gasteiger partial charge on any atom is 0.354 e. The van der Waals surface area contributed by atoms with E-state index >= 15 is 0 Å². The Morgan fingerprint density at radius 3 is 2.81 bits per heavy atom. The van der Waals surface area contributed by atoms with Crippen LogP contribution in [0.3, 0.4) is 0 Å². The van der Waals surface area contributed by atoms with E-state index in [-0.39, 0.29) is 17.9 Å². The summed E-state index contributed by atoms with van der Waals surface area (Å²) < 4.78 is 0. The quantitative estimate of drug-likeness (QED) is 0.404. The van der Waals surface area contributed by atoms with Gasteiger partial charge in [0.05, 0.1) is 19.0 Å². The molecule has 5 N–H and O–H groups in total. The molecule has 16 heavy (non-hydrogen) atoms. The van der Waals surface area contributed by atoms with Gasteiger partial charge in [0.1, 0.15) is 0 Å². The van der Waals surface area contributed by atoms with Crippen LogP contribution in [0.1, 0.15) is 21.0 Å². The van der Waals surface area contributed by atoms with Crippen LogP contribution in [-0.2, 0) is 0 Å². The predicted molar refractivity (Wildman–Crippen MR) is 51.0 cm³/mol. The molecule has 0 bridgehead atoms. The van der Waals surface area contributed by atoms with Gasteiger partial charge in [-0.05, 0) is 0 Å². The topological polar surface area (TPSA) is 136 Å². The molecule has 0 saturated heterocycles. The molecule has 1 aromatic rings. The molecule has 1 aromatic heterocycles. The van der Waals surface area contributed by atoms with Gasteiger partial charge in [-0.25, -0.2) is 9.78 Å². The molecule has 0 spiro atoms. The Morgan fingerprint density at radius 2 is 2.25 bits per heavy atom. The molecule has 8 nitrogen and oxygen atoms in total. The van der Waals surface area contributed by atoms with E-state index in [1.807, 2.05) is 0 Å². The minimum absolute atomic E-state index is 0.179. The van der Waals surface area contributed by atoms with Gasteiger partial charge in [-0.1, -0.05) is 0 Å². The molecule has 0 aliphatic heterocycles. The smallest absolute Gasteiger partial charge is 0.354 e. The van der Waals surface area contributed by atoms with E-state index in [4.69, 9.17) is 15.3 Å². The Bertz CT molecular complexity index is 389. The number of imidazole rings is 1. The first-order valence-electron chi connectivity index (χ1n) is 4.40. The summed E-state index contributed by atoms with van der Waals surface area (Å²) in [5.41, 5.74) is -0.589. The summed E-state index contributed by atoms with van der Waals surface area (Å²) in [7, 11) is 0. The van der Waals surface area contributed by atoms with Gasteiger partial charge in [0, 0.05) is 6.54 Å². The van der Waals surface area contributed by atoms with Crippen molar-refractivity contribution in [2.75, 3.05) is 13.2 Å². The normalized spacial score (nSPS) is 12.1. The van der Waals surface area contributed by atoms with Crippen molar-refractivity contribution in [2.24, 2.45) is 0 Å². The molecular weight excluding hydrogens is 218 g/mol. The van der Waals surface area contributed by atoms with Crippen molar-refractivity contribution in [3.05, 3.63) is 17.7 Å². The fourth-order valence-corrected chi connectivity index (χ4v) is 0.988. The number of carbonyl (C=O) groups is 2. The summed E-state index contributed by atoms with van der Waals surface area (Å²) in [5, 5.41) is 28.4. The zero-order valence-electron chi connectivity index (χ0n) is 8.17. The van der Waals surface area contributed by atoms with Crippen LogP contribution in [0.15, 0.2) is 6.33 Å². The first kappa shape index (κ1) is 12.1. The van der Waals surface area contributed by atoms with E-state index in [9.17, 15) is 9.59 Å². The highest BCUT2D eigenvalue weighted by Crippen LogP contribution is 2.02. The van der Waals surface area contributed by atoms with Gasteiger partial charge >= 0.3 is 5.97 Å². The largest absolute Gasteiger partial charge is 0.477 e. The minimum Gasteiger partial charge on any atom is -0.477 e. The fourth-order valence-electron chi connectivity index (χ4n) is 0.988. The third kappa shape index (κ3) is 2.78. The number of aromatic amines is 1. The van der Waals surface area contributed by atoms with Crippen molar-refractivity contribution >= 4 is 11.9 Å². The second-order valence-corrected chi connectivity index (χ2v) is 2.98. The number of amides is 1.